The first kappa shape index (κ1) is 13.2. The minimum atomic E-state index is -2.27. The Bertz CT molecular complexity index is 468. The lowest BCUT2D eigenvalue weighted by Crippen LogP contribution is -2.02. The molecule has 92 valence electrons. The third kappa shape index (κ3) is 3.55. The lowest BCUT2D eigenvalue weighted by Gasteiger charge is -2.05. The van der Waals surface area contributed by atoms with E-state index in [-0.39, 0.29) is 16.2 Å². The topological polar surface area (TPSA) is 113 Å². The number of benzene rings is 1. The summed E-state index contributed by atoms with van der Waals surface area (Å²) in [6, 6.07) is 3.47. The van der Waals surface area contributed by atoms with Crippen LogP contribution in [-0.2, 0) is 16.0 Å². The molecule has 0 bridgehead atoms. The van der Waals surface area contributed by atoms with Crippen molar-refractivity contribution in [1.82, 2.24) is 0 Å². The van der Waals surface area contributed by atoms with Gasteiger partial charge in [0.15, 0.2) is 17.3 Å². The first-order chi connectivity index (χ1) is 8.06. The molecule has 0 aliphatic rings. The second kappa shape index (κ2) is 5.99. The molecule has 8 heteroatoms. The summed E-state index contributed by atoms with van der Waals surface area (Å²) in [7, 11) is 0. The molecule has 1 aromatic rings. The Hall–Kier alpha value is -1.90. The van der Waals surface area contributed by atoms with Crippen molar-refractivity contribution in [2.45, 2.75) is 4.90 Å². The van der Waals surface area contributed by atoms with Crippen LogP contribution in [0.5, 0.6) is 5.75 Å². The highest BCUT2D eigenvalue weighted by Gasteiger charge is 2.13. The quantitative estimate of drug-likeness (QED) is 0.316. The van der Waals surface area contributed by atoms with Gasteiger partial charge < -0.3 is 19.3 Å². The molecule has 0 aliphatic heterocycles. The van der Waals surface area contributed by atoms with E-state index in [1.54, 1.807) is 0 Å². The van der Waals surface area contributed by atoms with Gasteiger partial charge in [-0.05, 0) is 18.2 Å². The summed E-state index contributed by atoms with van der Waals surface area (Å²) in [6.45, 7) is 0. The first-order valence-corrected chi connectivity index (χ1v) is 5.27. The highest BCUT2D eigenvalue weighted by molar-refractivity contribution is 7.79. The van der Waals surface area contributed by atoms with Gasteiger partial charge in [0.2, 0.25) is 0 Å². The van der Waals surface area contributed by atoms with Gasteiger partial charge in [-0.2, -0.15) is 0 Å². The Morgan fingerprint density at radius 3 is 2.59 bits per heavy atom. The van der Waals surface area contributed by atoms with Crippen LogP contribution in [0.1, 0.15) is 10.4 Å². The van der Waals surface area contributed by atoms with Crippen molar-refractivity contribution in [1.29, 1.82) is 0 Å². The number of aromatic carboxylic acids is 1. The van der Waals surface area contributed by atoms with Crippen LogP contribution in [0.3, 0.4) is 0 Å². The maximum Gasteiger partial charge on any atom is 0.339 e. The fourth-order valence-corrected chi connectivity index (χ4v) is 1.42. The SMILES string of the molecule is O=C(O)c1cc(S(=O)O)ccc1O/C=C/OO. The summed E-state index contributed by atoms with van der Waals surface area (Å²) in [5, 5.41) is 16.8. The van der Waals surface area contributed by atoms with Crippen LogP contribution in [0.2, 0.25) is 0 Å². The molecule has 0 aromatic heterocycles. The highest BCUT2D eigenvalue weighted by atomic mass is 32.2. The molecular weight excluding hydrogens is 252 g/mol. The van der Waals surface area contributed by atoms with E-state index in [4.69, 9.17) is 19.7 Å². The summed E-state index contributed by atoms with van der Waals surface area (Å²) >= 11 is -2.27. The molecule has 0 heterocycles. The zero-order chi connectivity index (χ0) is 12.8. The number of rotatable bonds is 5. The standard InChI is InChI=1S/C9H8O7S/c10-9(11)7-5-6(17(13)14)1-2-8(7)15-3-4-16-12/h1-5,12H,(H,10,11)(H,13,14)/b4-3+. The largest absolute Gasteiger partial charge is 0.478 e. The Kier molecular flexibility index (Phi) is 4.64. The van der Waals surface area contributed by atoms with E-state index >= 15 is 0 Å². The van der Waals surface area contributed by atoms with Crippen LogP contribution in [0.4, 0.5) is 0 Å². The maximum atomic E-state index is 10.9. The van der Waals surface area contributed by atoms with E-state index in [9.17, 15) is 9.00 Å². The van der Waals surface area contributed by atoms with Gasteiger partial charge in [-0.3, -0.25) is 0 Å². The van der Waals surface area contributed by atoms with Crippen LogP contribution in [-0.4, -0.2) is 25.1 Å². The summed E-state index contributed by atoms with van der Waals surface area (Å²) in [6.07, 6.45) is 1.70. The fourth-order valence-electron chi connectivity index (χ4n) is 1.01. The van der Waals surface area contributed by atoms with Crippen molar-refractivity contribution < 1.29 is 33.5 Å². The first-order valence-electron chi connectivity index (χ1n) is 4.16. The molecule has 1 atom stereocenters. The molecule has 1 unspecified atom stereocenters. The zero-order valence-electron chi connectivity index (χ0n) is 8.27. The second-order valence-corrected chi connectivity index (χ2v) is 3.68. The lowest BCUT2D eigenvalue weighted by molar-refractivity contribution is -0.187. The smallest absolute Gasteiger partial charge is 0.339 e. The van der Waals surface area contributed by atoms with Crippen molar-refractivity contribution in [3.8, 4) is 5.75 Å². The predicted molar refractivity (Wildman–Crippen MR) is 55.9 cm³/mol. The van der Waals surface area contributed by atoms with Crippen LogP contribution in [0.15, 0.2) is 35.6 Å². The number of hydrogen-bond donors (Lipinski definition) is 3. The summed E-state index contributed by atoms with van der Waals surface area (Å²) in [4.78, 5) is 14.4. The van der Waals surface area contributed by atoms with Gasteiger partial charge in [0.05, 0.1) is 4.90 Å². The number of hydrogen-bond acceptors (Lipinski definition) is 5. The third-order valence-electron chi connectivity index (χ3n) is 1.69. The lowest BCUT2D eigenvalue weighted by atomic mass is 10.2. The van der Waals surface area contributed by atoms with Crippen molar-refractivity contribution in [2.75, 3.05) is 0 Å². The summed E-state index contributed by atoms with van der Waals surface area (Å²) in [5.74, 6) is -1.37. The molecule has 0 amide bonds. The monoisotopic (exact) mass is 260 g/mol. The average molecular weight is 260 g/mol. The van der Waals surface area contributed by atoms with Gasteiger partial charge in [-0.1, -0.05) is 0 Å². The number of carboxylic acid groups (broad SMARTS) is 1. The summed E-state index contributed by atoms with van der Waals surface area (Å²) < 4.78 is 24.4. The molecule has 0 fully saturated rings. The normalized spacial score (nSPS) is 12.4. The Morgan fingerprint density at radius 1 is 1.35 bits per heavy atom. The number of ether oxygens (including phenoxy) is 1. The molecule has 0 radical (unpaired) electrons. The summed E-state index contributed by atoms with van der Waals surface area (Å²) in [5.41, 5.74) is -0.285. The van der Waals surface area contributed by atoms with E-state index in [2.05, 4.69) is 4.89 Å². The van der Waals surface area contributed by atoms with E-state index in [1.165, 1.54) is 12.1 Å². The van der Waals surface area contributed by atoms with Crippen molar-refractivity contribution >= 4 is 17.0 Å². The minimum absolute atomic E-state index is 0.0556. The molecule has 0 saturated heterocycles. The molecular formula is C9H8O7S. The fraction of sp³-hybridized carbons (Fsp3) is 0. The van der Waals surface area contributed by atoms with Gasteiger partial charge in [0.1, 0.15) is 17.6 Å². The van der Waals surface area contributed by atoms with Gasteiger partial charge >= 0.3 is 5.97 Å². The molecule has 0 aliphatic carbocycles. The molecule has 17 heavy (non-hydrogen) atoms. The third-order valence-corrected chi connectivity index (χ3v) is 2.35. The van der Waals surface area contributed by atoms with Gasteiger partial charge in [-0.15, -0.1) is 0 Å². The van der Waals surface area contributed by atoms with Crippen LogP contribution < -0.4 is 4.74 Å². The van der Waals surface area contributed by atoms with Crippen LogP contribution >= 0.6 is 0 Å². The molecule has 7 nitrogen and oxygen atoms in total. The van der Waals surface area contributed by atoms with Gasteiger partial charge in [0.25, 0.3) is 0 Å². The Labute approximate surface area is 98.1 Å². The van der Waals surface area contributed by atoms with Crippen LogP contribution in [0.25, 0.3) is 0 Å². The number of carbonyl (C=O) groups is 1. The zero-order valence-corrected chi connectivity index (χ0v) is 9.09. The van der Waals surface area contributed by atoms with Gasteiger partial charge in [0, 0.05) is 0 Å². The van der Waals surface area contributed by atoms with E-state index in [0.717, 1.165) is 18.6 Å². The van der Waals surface area contributed by atoms with Crippen LogP contribution in [0, 0.1) is 0 Å². The van der Waals surface area contributed by atoms with Crippen molar-refractivity contribution in [2.24, 2.45) is 0 Å². The average Bonchev–Trinajstić information content (AvgIpc) is 2.29. The molecule has 1 aromatic carbocycles. The Balaban J connectivity index is 3.08. The molecule has 3 N–H and O–H groups in total. The highest BCUT2D eigenvalue weighted by Crippen LogP contribution is 2.22. The van der Waals surface area contributed by atoms with Crippen molar-refractivity contribution in [3.63, 3.8) is 0 Å². The van der Waals surface area contributed by atoms with Crippen molar-refractivity contribution in [3.05, 3.63) is 36.3 Å². The predicted octanol–water partition coefficient (Wildman–Crippen LogP) is 1.30. The Morgan fingerprint density at radius 2 is 2.06 bits per heavy atom. The molecule has 0 spiro atoms. The molecule has 1 rings (SSSR count). The van der Waals surface area contributed by atoms with E-state index in [0.29, 0.717) is 0 Å². The maximum absolute atomic E-state index is 10.9. The van der Waals surface area contributed by atoms with E-state index < -0.39 is 17.0 Å². The van der Waals surface area contributed by atoms with Gasteiger partial charge in [-0.25, -0.2) is 14.3 Å². The number of carboxylic acids is 1. The molecule has 0 saturated carbocycles. The van der Waals surface area contributed by atoms with E-state index in [1.807, 2.05) is 0 Å². The second-order valence-electron chi connectivity index (χ2n) is 2.71. The minimum Gasteiger partial charge on any atom is -0.478 e.